The van der Waals surface area contributed by atoms with Crippen LogP contribution >= 0.6 is 0 Å². The highest BCUT2D eigenvalue weighted by Gasteiger charge is 2.39. The predicted octanol–water partition coefficient (Wildman–Crippen LogP) is 0.772. The van der Waals surface area contributed by atoms with Crippen molar-refractivity contribution in [1.29, 1.82) is 0 Å². The quantitative estimate of drug-likeness (QED) is 0.758. The lowest BCUT2D eigenvalue weighted by Gasteiger charge is -2.38. The SMILES string of the molecule is CC(C)(O)C(C)(C)OB(O)c1cccc(CN2CCOCC2)c1. The Kier molecular flexibility index (Phi) is 5.86. The zero-order valence-electron chi connectivity index (χ0n) is 14.6. The summed E-state index contributed by atoms with van der Waals surface area (Å²) in [7, 11) is -1.07. The summed E-state index contributed by atoms with van der Waals surface area (Å²) in [6, 6.07) is 7.77. The van der Waals surface area contributed by atoms with Crippen LogP contribution in [0.1, 0.15) is 33.3 Å². The number of benzene rings is 1. The molecular weight excluding hydrogens is 293 g/mol. The third-order valence-corrected chi connectivity index (χ3v) is 4.63. The normalized spacial score (nSPS) is 17.3. The van der Waals surface area contributed by atoms with Gasteiger partial charge in [-0.15, -0.1) is 0 Å². The molecule has 1 heterocycles. The molecule has 2 N–H and O–H groups in total. The van der Waals surface area contributed by atoms with E-state index in [4.69, 9.17) is 9.39 Å². The Morgan fingerprint density at radius 1 is 1.22 bits per heavy atom. The van der Waals surface area contributed by atoms with Crippen molar-refractivity contribution in [3.05, 3.63) is 29.8 Å². The fourth-order valence-corrected chi connectivity index (χ4v) is 2.35. The fraction of sp³-hybridized carbons (Fsp3) is 0.647. The van der Waals surface area contributed by atoms with E-state index >= 15 is 0 Å². The van der Waals surface area contributed by atoms with Gasteiger partial charge in [-0.3, -0.25) is 4.90 Å². The van der Waals surface area contributed by atoms with Gasteiger partial charge in [-0.1, -0.05) is 24.3 Å². The van der Waals surface area contributed by atoms with Crippen molar-refractivity contribution >= 4 is 12.6 Å². The Morgan fingerprint density at radius 2 is 1.87 bits per heavy atom. The molecule has 0 aliphatic carbocycles. The van der Waals surface area contributed by atoms with Gasteiger partial charge < -0.3 is 19.5 Å². The zero-order valence-corrected chi connectivity index (χ0v) is 14.6. The molecule has 1 aliphatic heterocycles. The maximum Gasteiger partial charge on any atom is 0.491 e. The molecule has 0 amide bonds. The number of hydrogen-bond acceptors (Lipinski definition) is 5. The highest BCUT2D eigenvalue weighted by atomic mass is 16.5. The highest BCUT2D eigenvalue weighted by Crippen LogP contribution is 2.25. The maximum absolute atomic E-state index is 10.4. The summed E-state index contributed by atoms with van der Waals surface area (Å²) in [6.07, 6.45) is 0. The van der Waals surface area contributed by atoms with Gasteiger partial charge in [0.15, 0.2) is 0 Å². The number of morpholine rings is 1. The van der Waals surface area contributed by atoms with Crippen LogP contribution in [-0.2, 0) is 15.9 Å². The van der Waals surface area contributed by atoms with Crippen molar-refractivity contribution in [1.82, 2.24) is 4.90 Å². The average Bonchev–Trinajstić information content (AvgIpc) is 2.47. The van der Waals surface area contributed by atoms with Gasteiger partial charge in [-0.05, 0) is 38.7 Å². The third-order valence-electron chi connectivity index (χ3n) is 4.63. The Labute approximate surface area is 139 Å². The van der Waals surface area contributed by atoms with E-state index < -0.39 is 18.3 Å². The summed E-state index contributed by atoms with van der Waals surface area (Å²) in [5, 5.41) is 20.5. The highest BCUT2D eigenvalue weighted by molar-refractivity contribution is 6.60. The largest absolute Gasteiger partial charge is 0.491 e. The molecule has 0 atom stereocenters. The van der Waals surface area contributed by atoms with Crippen LogP contribution in [0.15, 0.2) is 24.3 Å². The number of nitrogens with zero attached hydrogens (tertiary/aromatic N) is 1. The van der Waals surface area contributed by atoms with Gasteiger partial charge in [0.1, 0.15) is 0 Å². The smallest absolute Gasteiger partial charge is 0.423 e. The molecule has 128 valence electrons. The summed E-state index contributed by atoms with van der Waals surface area (Å²) < 4.78 is 11.1. The molecule has 1 aromatic rings. The Bertz CT molecular complexity index is 510. The van der Waals surface area contributed by atoms with Crippen molar-refractivity contribution in [2.24, 2.45) is 0 Å². The second-order valence-electron chi connectivity index (χ2n) is 7.17. The lowest BCUT2D eigenvalue weighted by molar-refractivity contribution is -0.0982. The van der Waals surface area contributed by atoms with Crippen molar-refractivity contribution in [2.75, 3.05) is 26.3 Å². The molecule has 6 heteroatoms. The molecule has 0 saturated carbocycles. The molecule has 23 heavy (non-hydrogen) atoms. The van der Waals surface area contributed by atoms with Crippen molar-refractivity contribution in [2.45, 2.75) is 45.4 Å². The molecule has 1 saturated heterocycles. The first kappa shape index (κ1) is 18.4. The van der Waals surface area contributed by atoms with Crippen molar-refractivity contribution in [3.8, 4) is 0 Å². The van der Waals surface area contributed by atoms with Gasteiger partial charge in [-0.25, -0.2) is 0 Å². The van der Waals surface area contributed by atoms with E-state index in [0.29, 0.717) is 5.46 Å². The minimum Gasteiger partial charge on any atom is -0.423 e. The van der Waals surface area contributed by atoms with E-state index in [1.54, 1.807) is 27.7 Å². The molecule has 0 bridgehead atoms. The Hall–Kier alpha value is -0.915. The molecule has 0 spiro atoms. The first-order valence-corrected chi connectivity index (χ1v) is 8.16. The van der Waals surface area contributed by atoms with E-state index in [0.717, 1.165) is 38.4 Å². The van der Waals surface area contributed by atoms with Gasteiger partial charge >= 0.3 is 7.12 Å². The maximum atomic E-state index is 10.4. The first-order valence-electron chi connectivity index (χ1n) is 8.16. The molecule has 1 aliphatic rings. The fourth-order valence-electron chi connectivity index (χ4n) is 2.35. The lowest BCUT2D eigenvalue weighted by Crippen LogP contribution is -2.53. The molecule has 1 aromatic carbocycles. The number of aliphatic hydroxyl groups is 1. The molecular formula is C17H28BNO4. The van der Waals surface area contributed by atoms with Gasteiger partial charge in [0.25, 0.3) is 0 Å². The van der Waals surface area contributed by atoms with Gasteiger partial charge in [0.05, 0.1) is 24.4 Å². The summed E-state index contributed by atoms with van der Waals surface area (Å²) in [5.74, 6) is 0. The van der Waals surface area contributed by atoms with Gasteiger partial charge in [0.2, 0.25) is 0 Å². The van der Waals surface area contributed by atoms with E-state index in [2.05, 4.69) is 4.90 Å². The van der Waals surface area contributed by atoms with Gasteiger partial charge in [-0.2, -0.15) is 0 Å². The molecule has 1 fully saturated rings. The van der Waals surface area contributed by atoms with Crippen molar-refractivity contribution < 1.29 is 19.5 Å². The summed E-state index contributed by atoms with van der Waals surface area (Å²) in [4.78, 5) is 2.33. The minimum absolute atomic E-state index is 0.702. The Balaban J connectivity index is 2.03. The first-order chi connectivity index (χ1) is 10.7. The predicted molar refractivity (Wildman–Crippen MR) is 91.6 cm³/mol. The van der Waals surface area contributed by atoms with Crippen LogP contribution in [0.3, 0.4) is 0 Å². The number of rotatable bonds is 6. The third kappa shape index (κ3) is 5.03. The topological polar surface area (TPSA) is 62.2 Å². The van der Waals surface area contributed by atoms with Gasteiger partial charge in [0, 0.05) is 19.6 Å². The van der Waals surface area contributed by atoms with Crippen LogP contribution in [-0.4, -0.2) is 59.7 Å². The van der Waals surface area contributed by atoms with E-state index in [1.165, 1.54) is 0 Å². The minimum atomic E-state index is -1.07. The van der Waals surface area contributed by atoms with Crippen LogP contribution in [0.2, 0.25) is 0 Å². The van der Waals surface area contributed by atoms with E-state index in [9.17, 15) is 10.1 Å². The standard InChI is InChI=1S/C17H28BNO4/c1-16(2,20)17(3,4)23-18(21)15-7-5-6-14(12-15)13-19-8-10-22-11-9-19/h5-7,12,20-21H,8-11,13H2,1-4H3. The van der Waals surface area contributed by atoms with Crippen LogP contribution in [0, 0.1) is 0 Å². The second kappa shape index (κ2) is 7.32. The molecule has 0 aromatic heterocycles. The van der Waals surface area contributed by atoms with Crippen molar-refractivity contribution in [3.63, 3.8) is 0 Å². The molecule has 0 unspecified atom stereocenters. The van der Waals surface area contributed by atoms with Crippen LogP contribution in [0.5, 0.6) is 0 Å². The van der Waals surface area contributed by atoms with Crippen LogP contribution in [0.25, 0.3) is 0 Å². The summed E-state index contributed by atoms with van der Waals surface area (Å²) in [6.45, 7) is 11.1. The van der Waals surface area contributed by atoms with E-state index in [-0.39, 0.29) is 0 Å². The zero-order chi connectivity index (χ0) is 17.1. The molecule has 5 nitrogen and oxygen atoms in total. The number of hydrogen-bond donors (Lipinski definition) is 2. The van der Waals surface area contributed by atoms with Crippen LogP contribution < -0.4 is 5.46 Å². The summed E-state index contributed by atoms with van der Waals surface area (Å²) >= 11 is 0. The second-order valence-corrected chi connectivity index (χ2v) is 7.17. The summed E-state index contributed by atoms with van der Waals surface area (Å²) in [5.41, 5.74) is -0.0901. The monoisotopic (exact) mass is 321 g/mol. The van der Waals surface area contributed by atoms with Crippen LogP contribution in [0.4, 0.5) is 0 Å². The molecule has 0 radical (unpaired) electrons. The average molecular weight is 321 g/mol. The van der Waals surface area contributed by atoms with E-state index in [1.807, 2.05) is 24.3 Å². The number of ether oxygens (including phenoxy) is 1. The molecule has 2 rings (SSSR count). The lowest BCUT2D eigenvalue weighted by atomic mass is 9.76. The Morgan fingerprint density at radius 3 is 2.48 bits per heavy atom.